The first-order chi connectivity index (χ1) is 7.81. The van der Waals surface area contributed by atoms with Crippen LogP contribution in [-0.4, -0.2) is 0 Å². The maximum absolute atomic E-state index is 3.77. The highest BCUT2D eigenvalue weighted by Gasteiger charge is 2.17. The highest BCUT2D eigenvalue weighted by molar-refractivity contribution is 9.10. The molecule has 1 heteroatoms. The summed E-state index contributed by atoms with van der Waals surface area (Å²) in [6.07, 6.45) is 4.56. The molecule has 16 heavy (non-hydrogen) atoms. The average Bonchev–Trinajstić information content (AvgIpc) is 2.72. The van der Waals surface area contributed by atoms with Crippen molar-refractivity contribution in [2.24, 2.45) is 0 Å². The number of hydrogen-bond donors (Lipinski definition) is 0. The summed E-state index contributed by atoms with van der Waals surface area (Å²) in [6.45, 7) is 2.22. The first-order valence-corrected chi connectivity index (χ1v) is 6.50. The van der Waals surface area contributed by atoms with Gasteiger partial charge in [0.05, 0.1) is 0 Å². The van der Waals surface area contributed by atoms with Gasteiger partial charge in [0.1, 0.15) is 0 Å². The third kappa shape index (κ3) is 1.35. The Bertz CT molecular complexity index is 594. The summed E-state index contributed by atoms with van der Waals surface area (Å²) in [5, 5.41) is 2.65. The molecule has 0 saturated carbocycles. The molecule has 2 aromatic rings. The molecule has 0 aliphatic heterocycles. The van der Waals surface area contributed by atoms with Crippen LogP contribution < -0.4 is 0 Å². The van der Waals surface area contributed by atoms with Crippen LogP contribution >= 0.6 is 15.9 Å². The fourth-order valence-electron chi connectivity index (χ4n) is 2.52. The third-order valence-corrected chi connectivity index (χ3v) is 4.16. The summed E-state index contributed by atoms with van der Waals surface area (Å²) in [7, 11) is 0. The molecule has 0 bridgehead atoms. The molecule has 0 radical (unpaired) electrons. The number of allylic oxidation sites excluding steroid dienone is 2. The van der Waals surface area contributed by atoms with Gasteiger partial charge >= 0.3 is 0 Å². The molecule has 80 valence electrons. The number of fused-ring (bicyclic) bond motifs is 2. The lowest BCUT2D eigenvalue weighted by atomic mass is 9.99. The van der Waals surface area contributed by atoms with Crippen molar-refractivity contribution in [1.82, 2.24) is 0 Å². The van der Waals surface area contributed by atoms with E-state index in [1.165, 1.54) is 31.9 Å². The zero-order valence-electron chi connectivity index (χ0n) is 9.26. The van der Waals surface area contributed by atoms with Gasteiger partial charge in [-0.25, -0.2) is 0 Å². The largest absolute Gasteiger partial charge is 0.0763 e. The van der Waals surface area contributed by atoms with E-state index in [9.17, 15) is 0 Å². The van der Waals surface area contributed by atoms with E-state index in [-0.39, 0.29) is 0 Å². The van der Waals surface area contributed by atoms with Crippen molar-refractivity contribution in [2.75, 3.05) is 0 Å². The molecule has 0 N–H and O–H groups in total. The SMILES string of the molecule is CCC1=CCc2cc3ccccc3c(Br)c21. The molecule has 0 saturated heterocycles. The molecule has 0 aromatic heterocycles. The molecule has 0 nitrogen and oxygen atoms in total. The van der Waals surface area contributed by atoms with Gasteiger partial charge in [0.15, 0.2) is 0 Å². The van der Waals surface area contributed by atoms with Crippen LogP contribution in [0.25, 0.3) is 16.3 Å². The van der Waals surface area contributed by atoms with Gasteiger partial charge in [0.2, 0.25) is 0 Å². The quantitative estimate of drug-likeness (QED) is 0.689. The Hall–Kier alpha value is -1.08. The van der Waals surface area contributed by atoms with E-state index in [0.717, 1.165) is 12.8 Å². The summed E-state index contributed by atoms with van der Waals surface area (Å²) in [6, 6.07) is 10.9. The molecular weight excluding hydrogens is 260 g/mol. The molecule has 2 aromatic carbocycles. The van der Waals surface area contributed by atoms with Gasteiger partial charge in [-0.2, -0.15) is 0 Å². The van der Waals surface area contributed by atoms with Crippen molar-refractivity contribution in [1.29, 1.82) is 0 Å². The first-order valence-electron chi connectivity index (χ1n) is 5.70. The van der Waals surface area contributed by atoms with E-state index in [2.05, 4.69) is 59.3 Å². The second-order valence-electron chi connectivity index (χ2n) is 4.23. The number of rotatable bonds is 1. The summed E-state index contributed by atoms with van der Waals surface area (Å²) < 4.78 is 1.27. The van der Waals surface area contributed by atoms with Crippen molar-refractivity contribution in [3.05, 3.63) is 52.0 Å². The standard InChI is InChI=1S/C15H13Br/c1-2-10-7-8-12-9-11-5-3-4-6-13(11)15(16)14(10)12/h3-7,9H,2,8H2,1H3. The van der Waals surface area contributed by atoms with Crippen LogP contribution in [0.15, 0.2) is 40.9 Å². The lowest BCUT2D eigenvalue weighted by Crippen LogP contribution is -1.88. The van der Waals surface area contributed by atoms with Crippen molar-refractivity contribution >= 4 is 32.3 Å². The van der Waals surface area contributed by atoms with E-state index in [1.807, 2.05) is 0 Å². The molecular formula is C15H13Br. The minimum Gasteiger partial charge on any atom is -0.0763 e. The summed E-state index contributed by atoms with van der Waals surface area (Å²) in [4.78, 5) is 0. The highest BCUT2D eigenvalue weighted by Crippen LogP contribution is 2.39. The highest BCUT2D eigenvalue weighted by atomic mass is 79.9. The Labute approximate surface area is 104 Å². The van der Waals surface area contributed by atoms with Crippen LogP contribution in [0.1, 0.15) is 24.5 Å². The number of halogens is 1. The zero-order valence-corrected chi connectivity index (χ0v) is 10.8. The maximum Gasteiger partial charge on any atom is 0.0331 e. The smallest absolute Gasteiger partial charge is 0.0331 e. The Kier molecular flexibility index (Phi) is 2.36. The zero-order chi connectivity index (χ0) is 11.1. The lowest BCUT2D eigenvalue weighted by molar-refractivity contribution is 1.24. The van der Waals surface area contributed by atoms with E-state index in [1.54, 1.807) is 0 Å². The third-order valence-electron chi connectivity index (χ3n) is 3.34. The molecule has 0 heterocycles. The number of hydrogen-bond acceptors (Lipinski definition) is 0. The minimum absolute atomic E-state index is 1.09. The van der Waals surface area contributed by atoms with Gasteiger partial charge in [-0.1, -0.05) is 43.3 Å². The van der Waals surface area contributed by atoms with Crippen LogP contribution in [0.3, 0.4) is 0 Å². The monoisotopic (exact) mass is 272 g/mol. The Balaban J connectivity index is 2.37. The average molecular weight is 273 g/mol. The van der Waals surface area contributed by atoms with Crippen molar-refractivity contribution in [3.63, 3.8) is 0 Å². The topological polar surface area (TPSA) is 0 Å². The number of benzene rings is 2. The van der Waals surface area contributed by atoms with Crippen molar-refractivity contribution < 1.29 is 0 Å². The molecule has 0 atom stereocenters. The second-order valence-corrected chi connectivity index (χ2v) is 5.03. The second kappa shape index (κ2) is 3.74. The molecule has 0 spiro atoms. The molecule has 3 rings (SSSR count). The first kappa shape index (κ1) is 10.1. The van der Waals surface area contributed by atoms with Gasteiger partial charge in [0.25, 0.3) is 0 Å². The van der Waals surface area contributed by atoms with Gasteiger partial charge in [-0.3, -0.25) is 0 Å². The van der Waals surface area contributed by atoms with E-state index >= 15 is 0 Å². The van der Waals surface area contributed by atoms with Gasteiger partial charge in [0, 0.05) is 4.47 Å². The normalized spacial score (nSPS) is 14.0. The van der Waals surface area contributed by atoms with Crippen LogP contribution in [0.5, 0.6) is 0 Å². The van der Waals surface area contributed by atoms with Crippen molar-refractivity contribution in [3.8, 4) is 0 Å². The molecule has 0 fully saturated rings. The molecule has 0 amide bonds. The Morgan fingerprint density at radius 1 is 1.25 bits per heavy atom. The maximum atomic E-state index is 3.77. The summed E-state index contributed by atoms with van der Waals surface area (Å²) in [5.74, 6) is 0. The van der Waals surface area contributed by atoms with E-state index in [4.69, 9.17) is 0 Å². The van der Waals surface area contributed by atoms with Gasteiger partial charge in [-0.05, 0) is 56.2 Å². The Morgan fingerprint density at radius 2 is 2.06 bits per heavy atom. The lowest BCUT2D eigenvalue weighted by Gasteiger charge is -2.10. The van der Waals surface area contributed by atoms with Crippen molar-refractivity contribution in [2.45, 2.75) is 19.8 Å². The summed E-state index contributed by atoms with van der Waals surface area (Å²) >= 11 is 3.77. The van der Waals surface area contributed by atoms with Crippen LogP contribution in [0.2, 0.25) is 0 Å². The van der Waals surface area contributed by atoms with E-state index < -0.39 is 0 Å². The van der Waals surface area contributed by atoms with Crippen LogP contribution in [0.4, 0.5) is 0 Å². The van der Waals surface area contributed by atoms with Crippen LogP contribution in [0, 0.1) is 0 Å². The predicted molar refractivity (Wildman–Crippen MR) is 73.6 cm³/mol. The predicted octanol–water partition coefficient (Wildman–Crippen LogP) is 4.95. The molecule has 0 unspecified atom stereocenters. The van der Waals surface area contributed by atoms with Crippen LogP contribution in [-0.2, 0) is 6.42 Å². The molecule has 1 aliphatic rings. The van der Waals surface area contributed by atoms with Gasteiger partial charge < -0.3 is 0 Å². The van der Waals surface area contributed by atoms with Gasteiger partial charge in [-0.15, -0.1) is 0 Å². The summed E-state index contributed by atoms with van der Waals surface area (Å²) in [5.41, 5.74) is 4.37. The fourth-order valence-corrected chi connectivity index (χ4v) is 3.39. The minimum atomic E-state index is 1.09. The fraction of sp³-hybridized carbons (Fsp3) is 0.200. The van der Waals surface area contributed by atoms with E-state index in [0.29, 0.717) is 0 Å². The Morgan fingerprint density at radius 3 is 2.88 bits per heavy atom. The molecule has 1 aliphatic carbocycles.